The zero-order valence-electron chi connectivity index (χ0n) is 11.8. The third-order valence-corrected chi connectivity index (χ3v) is 4.73. The maximum atomic E-state index is 3.87. The number of para-hydroxylation sites is 1. The Bertz CT molecular complexity index is 633. The first-order chi connectivity index (χ1) is 9.83. The summed E-state index contributed by atoms with van der Waals surface area (Å²) in [4.78, 5) is 5.13. The van der Waals surface area contributed by atoms with Crippen molar-refractivity contribution in [2.75, 3.05) is 11.4 Å². The fourth-order valence-corrected chi connectivity index (χ4v) is 3.68. The van der Waals surface area contributed by atoms with E-state index < -0.39 is 0 Å². The number of hydrogen-bond donors (Lipinski definition) is 0. The molecule has 2 aromatic rings. The molecule has 0 aliphatic carbocycles. The number of rotatable bonds is 4. The summed E-state index contributed by atoms with van der Waals surface area (Å²) in [5, 5.41) is 0. The number of nitrogens with zero attached hydrogens (tertiary/aromatic N) is 1. The minimum atomic E-state index is 1.08. The maximum absolute atomic E-state index is 3.87. The maximum Gasteiger partial charge on any atom is 0.0553 e. The third-order valence-electron chi connectivity index (χ3n) is 3.62. The van der Waals surface area contributed by atoms with Gasteiger partial charge in [0.05, 0.1) is 11.4 Å². The summed E-state index contributed by atoms with van der Waals surface area (Å²) in [6, 6.07) is 15.3. The zero-order valence-corrected chi connectivity index (χ0v) is 12.6. The molecule has 0 aromatic heterocycles. The van der Waals surface area contributed by atoms with Gasteiger partial charge in [-0.1, -0.05) is 56.0 Å². The first-order valence-electron chi connectivity index (χ1n) is 7.14. The Morgan fingerprint density at radius 1 is 1.10 bits per heavy atom. The Labute approximate surface area is 125 Å². The molecule has 0 fully saturated rings. The van der Waals surface area contributed by atoms with E-state index in [1.165, 1.54) is 39.6 Å². The molecule has 0 radical (unpaired) electrons. The van der Waals surface area contributed by atoms with Gasteiger partial charge < -0.3 is 4.90 Å². The second-order valence-electron chi connectivity index (χ2n) is 5.01. The Kier molecular flexibility index (Phi) is 3.83. The predicted octanol–water partition coefficient (Wildman–Crippen LogP) is 5.73. The van der Waals surface area contributed by atoms with Crippen molar-refractivity contribution in [1.29, 1.82) is 0 Å². The molecule has 2 heteroatoms. The smallest absolute Gasteiger partial charge is 0.0553 e. The lowest BCUT2D eigenvalue weighted by Gasteiger charge is -2.33. The fourth-order valence-electron chi connectivity index (χ4n) is 2.53. The van der Waals surface area contributed by atoms with E-state index >= 15 is 0 Å². The first-order valence-corrected chi connectivity index (χ1v) is 7.96. The van der Waals surface area contributed by atoms with Gasteiger partial charge in [-0.25, -0.2) is 0 Å². The van der Waals surface area contributed by atoms with Crippen molar-refractivity contribution in [3.8, 4) is 0 Å². The van der Waals surface area contributed by atoms with Gasteiger partial charge in [0.2, 0.25) is 0 Å². The molecule has 0 saturated carbocycles. The second kappa shape index (κ2) is 5.76. The molecule has 1 aliphatic heterocycles. The molecular weight excluding hydrogens is 262 g/mol. The number of benzene rings is 2. The highest BCUT2D eigenvalue weighted by atomic mass is 32.2. The van der Waals surface area contributed by atoms with Gasteiger partial charge >= 0.3 is 0 Å². The van der Waals surface area contributed by atoms with E-state index in [2.05, 4.69) is 60.9 Å². The van der Waals surface area contributed by atoms with Crippen LogP contribution < -0.4 is 4.90 Å². The van der Waals surface area contributed by atoms with Crippen LogP contribution in [-0.2, 0) is 0 Å². The van der Waals surface area contributed by atoms with Gasteiger partial charge in [-0.15, -0.1) is 0 Å². The summed E-state index contributed by atoms with van der Waals surface area (Å²) in [6.45, 7) is 7.19. The van der Waals surface area contributed by atoms with Crippen molar-refractivity contribution >= 4 is 29.2 Å². The average Bonchev–Trinajstić information content (AvgIpc) is 2.50. The van der Waals surface area contributed by atoms with Crippen LogP contribution in [0.1, 0.15) is 25.3 Å². The van der Waals surface area contributed by atoms with Crippen molar-refractivity contribution in [2.24, 2.45) is 0 Å². The van der Waals surface area contributed by atoms with Crippen LogP contribution in [0.3, 0.4) is 0 Å². The third kappa shape index (κ3) is 2.36. The van der Waals surface area contributed by atoms with Crippen LogP contribution in [0.25, 0.3) is 6.08 Å². The van der Waals surface area contributed by atoms with E-state index in [0.717, 1.165) is 6.54 Å². The van der Waals surface area contributed by atoms with Gasteiger partial charge in [0.15, 0.2) is 0 Å². The molecular formula is C18H19NS. The van der Waals surface area contributed by atoms with E-state index in [9.17, 15) is 0 Å². The van der Waals surface area contributed by atoms with Crippen LogP contribution in [0.2, 0.25) is 0 Å². The quantitative estimate of drug-likeness (QED) is 0.703. The molecule has 20 heavy (non-hydrogen) atoms. The number of fused-ring (bicyclic) bond motifs is 2. The van der Waals surface area contributed by atoms with Gasteiger partial charge in [-0.3, -0.25) is 0 Å². The van der Waals surface area contributed by atoms with Gasteiger partial charge in [0, 0.05) is 16.3 Å². The minimum absolute atomic E-state index is 1.08. The molecule has 0 amide bonds. The van der Waals surface area contributed by atoms with E-state index in [1.807, 2.05) is 17.8 Å². The van der Waals surface area contributed by atoms with Gasteiger partial charge in [0.1, 0.15) is 0 Å². The lowest BCUT2D eigenvalue weighted by Crippen LogP contribution is -2.21. The van der Waals surface area contributed by atoms with Gasteiger partial charge in [-0.2, -0.15) is 0 Å². The highest BCUT2D eigenvalue weighted by Gasteiger charge is 2.22. The predicted molar refractivity (Wildman–Crippen MR) is 89.0 cm³/mol. The molecule has 0 atom stereocenters. The zero-order chi connectivity index (χ0) is 13.9. The van der Waals surface area contributed by atoms with Crippen molar-refractivity contribution in [3.63, 3.8) is 0 Å². The fraction of sp³-hybridized carbons (Fsp3) is 0.222. The first kappa shape index (κ1) is 13.3. The van der Waals surface area contributed by atoms with E-state index in [-0.39, 0.29) is 0 Å². The summed E-state index contributed by atoms with van der Waals surface area (Å²) >= 11 is 1.86. The Balaban J connectivity index is 2.07. The summed E-state index contributed by atoms with van der Waals surface area (Å²) in [5.74, 6) is 0. The normalized spacial score (nSPS) is 12.8. The Morgan fingerprint density at radius 3 is 2.70 bits per heavy atom. The standard InChI is InChI=1S/C18H19NS/c1-3-5-12-19-15-8-6-7-9-17(15)20-18-13-14(4-2)10-11-16(18)19/h4,6-11,13H,2-3,5,12H2,1H3. The molecule has 3 rings (SSSR count). The monoisotopic (exact) mass is 281 g/mol. The number of hydrogen-bond acceptors (Lipinski definition) is 2. The van der Waals surface area contributed by atoms with Crippen molar-refractivity contribution < 1.29 is 0 Å². The average molecular weight is 281 g/mol. The molecule has 0 saturated heterocycles. The van der Waals surface area contributed by atoms with E-state index in [0.29, 0.717) is 0 Å². The van der Waals surface area contributed by atoms with Crippen LogP contribution >= 0.6 is 11.8 Å². The van der Waals surface area contributed by atoms with Crippen molar-refractivity contribution in [3.05, 3.63) is 54.6 Å². The molecule has 0 unspecified atom stereocenters. The van der Waals surface area contributed by atoms with Crippen molar-refractivity contribution in [2.45, 2.75) is 29.6 Å². The molecule has 0 N–H and O–H groups in total. The molecule has 102 valence electrons. The summed E-state index contributed by atoms with van der Waals surface area (Å²) in [7, 11) is 0. The highest BCUT2D eigenvalue weighted by Crippen LogP contribution is 2.48. The summed E-state index contributed by atoms with van der Waals surface area (Å²) in [5.41, 5.74) is 3.85. The number of unbranched alkanes of at least 4 members (excludes halogenated alkanes) is 1. The topological polar surface area (TPSA) is 3.24 Å². The lowest BCUT2D eigenvalue weighted by molar-refractivity contribution is 0.777. The van der Waals surface area contributed by atoms with Gasteiger partial charge in [0.25, 0.3) is 0 Å². The Hall–Kier alpha value is -1.67. The molecule has 1 heterocycles. The van der Waals surface area contributed by atoms with Gasteiger partial charge in [-0.05, 0) is 36.2 Å². The minimum Gasteiger partial charge on any atom is -0.340 e. The van der Waals surface area contributed by atoms with Crippen LogP contribution in [0.15, 0.2) is 58.8 Å². The summed E-state index contributed by atoms with van der Waals surface area (Å²) in [6.07, 6.45) is 4.34. The second-order valence-corrected chi connectivity index (χ2v) is 6.09. The van der Waals surface area contributed by atoms with Crippen LogP contribution in [-0.4, -0.2) is 6.54 Å². The highest BCUT2D eigenvalue weighted by molar-refractivity contribution is 7.99. The molecule has 0 bridgehead atoms. The van der Waals surface area contributed by atoms with Crippen LogP contribution in [0.4, 0.5) is 11.4 Å². The molecule has 0 spiro atoms. The van der Waals surface area contributed by atoms with Crippen LogP contribution in [0, 0.1) is 0 Å². The lowest BCUT2D eigenvalue weighted by atomic mass is 10.1. The summed E-state index contributed by atoms with van der Waals surface area (Å²) < 4.78 is 0. The molecule has 2 aromatic carbocycles. The van der Waals surface area contributed by atoms with E-state index in [1.54, 1.807) is 0 Å². The largest absolute Gasteiger partial charge is 0.340 e. The Morgan fingerprint density at radius 2 is 1.90 bits per heavy atom. The number of anilines is 2. The molecule has 1 aliphatic rings. The SMILES string of the molecule is C=Cc1ccc2c(c1)Sc1ccccc1N2CCCC. The van der Waals surface area contributed by atoms with E-state index in [4.69, 9.17) is 0 Å². The van der Waals surface area contributed by atoms with Crippen molar-refractivity contribution in [1.82, 2.24) is 0 Å². The molecule has 1 nitrogen and oxygen atoms in total. The van der Waals surface area contributed by atoms with Crippen LogP contribution in [0.5, 0.6) is 0 Å².